The average molecular weight is 613 g/mol. The second-order valence-corrected chi connectivity index (χ2v) is 14.7. The first-order valence-corrected chi connectivity index (χ1v) is 15.8. The molecule has 6 aliphatic rings. The largest absolute Gasteiger partial charge is 0.432 e. The highest BCUT2D eigenvalue weighted by Gasteiger charge is 2.67. The van der Waals surface area contributed by atoms with Gasteiger partial charge in [-0.15, -0.1) is 0 Å². The number of hydrogen-bond donors (Lipinski definition) is 7. The summed E-state index contributed by atoms with van der Waals surface area (Å²) in [7, 11) is 0. The summed E-state index contributed by atoms with van der Waals surface area (Å²) in [6.07, 6.45) is -7.27. The van der Waals surface area contributed by atoms with Crippen LogP contribution >= 0.6 is 0 Å². The van der Waals surface area contributed by atoms with Crippen molar-refractivity contribution >= 4 is 5.97 Å². The van der Waals surface area contributed by atoms with Crippen molar-refractivity contribution < 1.29 is 59.5 Å². The number of carbonyl (C=O) groups is 1. The van der Waals surface area contributed by atoms with E-state index in [1.54, 1.807) is 0 Å². The third kappa shape index (κ3) is 5.01. The monoisotopic (exact) mass is 612 g/mol. The summed E-state index contributed by atoms with van der Waals surface area (Å²) >= 11 is 0. The van der Waals surface area contributed by atoms with Gasteiger partial charge in [-0.2, -0.15) is 0 Å². The maximum Gasteiger partial charge on any atom is 0.314 e. The molecule has 43 heavy (non-hydrogen) atoms. The lowest BCUT2D eigenvalue weighted by Crippen LogP contribution is -2.62. The van der Waals surface area contributed by atoms with Crippen molar-refractivity contribution in [1.82, 2.24) is 0 Å². The summed E-state index contributed by atoms with van der Waals surface area (Å²) < 4.78 is 22.3. The van der Waals surface area contributed by atoms with Gasteiger partial charge in [-0.05, 0) is 74.5 Å². The molecule has 12 nitrogen and oxygen atoms in total. The maximum atomic E-state index is 14.0. The number of esters is 1. The molecular weight excluding hydrogens is 564 g/mol. The molecule has 1 spiro atoms. The average Bonchev–Trinajstić information content (AvgIpc) is 3.25. The highest BCUT2D eigenvalue weighted by Crippen LogP contribution is 2.72. The van der Waals surface area contributed by atoms with Crippen molar-refractivity contribution in [1.29, 1.82) is 0 Å². The summed E-state index contributed by atoms with van der Waals surface area (Å²) in [5.41, 5.74) is 0.168. The van der Waals surface area contributed by atoms with Gasteiger partial charge in [0.05, 0.1) is 24.7 Å². The first-order valence-electron chi connectivity index (χ1n) is 15.8. The molecule has 0 aromatic heterocycles. The van der Waals surface area contributed by atoms with Crippen molar-refractivity contribution in [3.05, 3.63) is 12.2 Å². The number of carbonyl (C=O) groups excluding carboxylic acids is 1. The van der Waals surface area contributed by atoms with Gasteiger partial charge in [-0.25, -0.2) is 0 Å². The fourth-order valence-corrected chi connectivity index (χ4v) is 10.1. The zero-order valence-electron chi connectivity index (χ0n) is 25.0. The van der Waals surface area contributed by atoms with Gasteiger partial charge in [0.25, 0.3) is 0 Å². The van der Waals surface area contributed by atoms with Crippen molar-refractivity contribution in [2.45, 2.75) is 127 Å². The van der Waals surface area contributed by atoms with Gasteiger partial charge < -0.3 is 54.7 Å². The van der Waals surface area contributed by atoms with E-state index < -0.39 is 79.4 Å². The van der Waals surface area contributed by atoms with Crippen LogP contribution in [0, 0.1) is 34.0 Å². The van der Waals surface area contributed by atoms with E-state index >= 15 is 0 Å². The Hall–Kier alpha value is -1.19. The molecule has 244 valence electrons. The summed E-state index contributed by atoms with van der Waals surface area (Å²) in [6.45, 7) is 7.76. The van der Waals surface area contributed by atoms with Crippen LogP contribution in [0.25, 0.3) is 0 Å². The molecule has 0 amide bonds. The summed E-state index contributed by atoms with van der Waals surface area (Å²) in [6, 6.07) is 0. The molecule has 12 heteroatoms. The molecule has 2 aliphatic heterocycles. The lowest BCUT2D eigenvalue weighted by Gasteiger charge is -2.64. The molecule has 4 aliphatic carbocycles. The van der Waals surface area contributed by atoms with E-state index in [4.69, 9.17) is 18.9 Å². The predicted octanol–water partition coefficient (Wildman–Crippen LogP) is -0.267. The van der Waals surface area contributed by atoms with Crippen LogP contribution in [0.1, 0.15) is 65.2 Å². The quantitative estimate of drug-likeness (QED) is 0.159. The third-order valence-electron chi connectivity index (χ3n) is 12.4. The minimum Gasteiger partial charge on any atom is -0.432 e. The number of fused-ring (bicyclic) bond motifs is 3. The Morgan fingerprint density at radius 2 is 1.63 bits per heavy atom. The smallest absolute Gasteiger partial charge is 0.314 e. The Bertz CT molecular complexity index is 1090. The third-order valence-corrected chi connectivity index (χ3v) is 12.4. The van der Waals surface area contributed by atoms with Crippen molar-refractivity contribution in [2.24, 2.45) is 34.0 Å². The lowest BCUT2D eigenvalue weighted by molar-refractivity contribution is -0.317. The number of aliphatic hydroxyl groups is 7. The van der Waals surface area contributed by atoms with Gasteiger partial charge in [0.2, 0.25) is 6.29 Å². The number of ether oxygens (including phenoxy) is 4. The molecule has 2 saturated heterocycles. The lowest BCUT2D eigenvalue weighted by atomic mass is 9.41. The van der Waals surface area contributed by atoms with E-state index in [-0.39, 0.29) is 35.2 Å². The number of aliphatic hydroxyl groups excluding tert-OH is 7. The van der Waals surface area contributed by atoms with Crippen LogP contribution in [0.5, 0.6) is 0 Å². The van der Waals surface area contributed by atoms with Crippen LogP contribution in [0.4, 0.5) is 0 Å². The number of hydrogen-bond acceptors (Lipinski definition) is 12. The Labute approximate surface area is 251 Å². The molecular formula is C31H48O12. The van der Waals surface area contributed by atoms with Crippen LogP contribution in [0.2, 0.25) is 0 Å². The maximum absolute atomic E-state index is 14.0. The molecule has 0 unspecified atom stereocenters. The minimum absolute atomic E-state index is 0.0171. The van der Waals surface area contributed by atoms with Crippen LogP contribution in [0.15, 0.2) is 12.2 Å². The van der Waals surface area contributed by atoms with Gasteiger partial charge in [0.1, 0.15) is 42.7 Å². The van der Waals surface area contributed by atoms with Gasteiger partial charge in [0, 0.05) is 5.92 Å². The molecule has 0 aromatic carbocycles. The second-order valence-electron chi connectivity index (χ2n) is 14.7. The summed E-state index contributed by atoms with van der Waals surface area (Å²) in [5, 5.41) is 72.6. The van der Waals surface area contributed by atoms with E-state index in [1.165, 1.54) is 0 Å². The Morgan fingerprint density at radius 3 is 2.37 bits per heavy atom. The summed E-state index contributed by atoms with van der Waals surface area (Å²) in [4.78, 5) is 14.0. The molecule has 2 heterocycles. The Kier molecular flexibility index (Phi) is 8.32. The molecule has 6 rings (SSSR count). The predicted molar refractivity (Wildman–Crippen MR) is 148 cm³/mol. The zero-order valence-corrected chi connectivity index (χ0v) is 25.0. The molecule has 0 radical (unpaired) electrons. The molecule has 0 aromatic rings. The molecule has 4 saturated carbocycles. The van der Waals surface area contributed by atoms with E-state index in [2.05, 4.69) is 13.5 Å². The Balaban J connectivity index is 1.15. The standard InChI is InChI=1S/C31H48O12/c1-14-10-31-8-5-19-29(2,20(31)9-16(32)15(14)11-31)6-4-7-30(19,3)28(39)43-27-25(38)23(36)22(35)18(42-27)13-41-26-24(37)21(34)17(33)12-40-26/h15-27,32-38H,1,4-13H2,2-3H3/t15-,16-,17-,18-,19+,20+,21-,22-,23-,24-,25-,26+,27+,29-,30-,31-/m1/s1. The van der Waals surface area contributed by atoms with Gasteiger partial charge in [0.15, 0.2) is 6.29 Å². The first kappa shape index (κ1) is 31.8. The van der Waals surface area contributed by atoms with Gasteiger partial charge in [-0.3, -0.25) is 4.79 Å². The van der Waals surface area contributed by atoms with Crippen molar-refractivity contribution in [3.8, 4) is 0 Å². The zero-order chi connectivity index (χ0) is 31.1. The molecule has 7 N–H and O–H groups in total. The van der Waals surface area contributed by atoms with E-state index in [0.717, 1.165) is 44.1 Å². The van der Waals surface area contributed by atoms with Crippen LogP contribution in [0.3, 0.4) is 0 Å². The van der Waals surface area contributed by atoms with Crippen molar-refractivity contribution in [2.75, 3.05) is 13.2 Å². The SMILES string of the molecule is C=C1C[C@@]23CC[C@H]4[C@@](C)(CCC[C@@]4(C)C(=O)O[C@@H]4O[C@H](CO[C@@H]5OC[C@@H](O)[C@@H](O)[C@H]5O)[C@@H](O)[C@@H](O)[C@H]4O)[C@@H]2C[C@@H](O)[C@@H]1C3. The highest BCUT2D eigenvalue weighted by molar-refractivity contribution is 5.77. The van der Waals surface area contributed by atoms with Crippen LogP contribution < -0.4 is 0 Å². The number of rotatable bonds is 5. The Morgan fingerprint density at radius 1 is 0.907 bits per heavy atom. The van der Waals surface area contributed by atoms with E-state index in [1.807, 2.05) is 6.92 Å². The van der Waals surface area contributed by atoms with Crippen molar-refractivity contribution in [3.63, 3.8) is 0 Å². The van der Waals surface area contributed by atoms with Crippen LogP contribution in [-0.4, -0.2) is 116 Å². The van der Waals surface area contributed by atoms with Gasteiger partial charge >= 0.3 is 5.97 Å². The molecule has 6 fully saturated rings. The molecule has 16 atom stereocenters. The van der Waals surface area contributed by atoms with E-state index in [0.29, 0.717) is 12.8 Å². The minimum atomic E-state index is -1.72. The highest BCUT2D eigenvalue weighted by atomic mass is 16.7. The normalized spacial score (nSPS) is 54.9. The molecule has 2 bridgehead atoms. The summed E-state index contributed by atoms with van der Waals surface area (Å²) in [5.74, 6) is -0.148. The van der Waals surface area contributed by atoms with Crippen LogP contribution in [-0.2, 0) is 23.7 Å². The topological polar surface area (TPSA) is 196 Å². The fourth-order valence-electron chi connectivity index (χ4n) is 10.1. The van der Waals surface area contributed by atoms with E-state index in [9.17, 15) is 40.5 Å². The first-order chi connectivity index (χ1) is 20.2. The fraction of sp³-hybridized carbons (Fsp3) is 0.903. The van der Waals surface area contributed by atoms with Gasteiger partial charge in [-0.1, -0.05) is 25.5 Å². The second kappa shape index (κ2) is 11.3.